The molecular formula is H6CrLaO3. The Morgan fingerprint density at radius 2 is 0.600 bits per heavy atom. The van der Waals surface area contributed by atoms with Gasteiger partial charge in [0.15, 0.2) is 0 Å². The van der Waals surface area contributed by atoms with Crippen LogP contribution in [0.1, 0.15) is 0 Å². The van der Waals surface area contributed by atoms with Crippen LogP contribution < -0.4 is 0 Å². The van der Waals surface area contributed by atoms with Gasteiger partial charge in [-0.1, -0.05) is 0 Å². The fourth-order valence-corrected chi connectivity index (χ4v) is 0. The van der Waals surface area contributed by atoms with Crippen LogP contribution in [-0.4, -0.2) is 16.4 Å². The molecule has 5 heavy (non-hydrogen) atoms. The SMILES string of the molecule is O.O.O.[Cr].[La]. The Morgan fingerprint density at radius 3 is 0.600 bits per heavy atom. The second kappa shape index (κ2) is 46.1. The molecule has 5 heteroatoms. The van der Waals surface area contributed by atoms with Crippen LogP contribution in [-0.2, 0) is 17.4 Å². The first-order valence-electron chi connectivity index (χ1n) is 0. The van der Waals surface area contributed by atoms with Crippen molar-refractivity contribution in [2.24, 2.45) is 0 Å². The average molecular weight is 245 g/mol. The maximum Gasteiger partial charge on any atom is 0 e. The van der Waals surface area contributed by atoms with E-state index in [0.717, 1.165) is 0 Å². The Balaban J connectivity index is 0. The van der Waals surface area contributed by atoms with Gasteiger partial charge in [-0.15, -0.1) is 0 Å². The van der Waals surface area contributed by atoms with E-state index in [1.54, 1.807) is 0 Å². The Labute approximate surface area is 68.8 Å². The van der Waals surface area contributed by atoms with E-state index in [4.69, 9.17) is 0 Å². The molecule has 0 rings (SSSR count). The largest absolute Gasteiger partial charge is 0.412 e. The van der Waals surface area contributed by atoms with Crippen molar-refractivity contribution in [2.45, 2.75) is 0 Å². The first-order chi connectivity index (χ1) is 0. The van der Waals surface area contributed by atoms with Crippen molar-refractivity contribution in [3.8, 4) is 0 Å². The molecule has 0 aromatic carbocycles. The van der Waals surface area contributed by atoms with E-state index in [0.29, 0.717) is 0 Å². The molecule has 0 bridgehead atoms. The molecule has 3 nitrogen and oxygen atoms in total. The fourth-order valence-electron chi connectivity index (χ4n) is 0. The minimum absolute atomic E-state index is 0. The maximum absolute atomic E-state index is 0. The van der Waals surface area contributed by atoms with Gasteiger partial charge in [-0.05, 0) is 0 Å². The smallest absolute Gasteiger partial charge is 0 e. The summed E-state index contributed by atoms with van der Waals surface area (Å²) in [6.07, 6.45) is 0. The predicted octanol–water partition coefficient (Wildman–Crippen LogP) is -2.48. The third kappa shape index (κ3) is 28.2. The van der Waals surface area contributed by atoms with E-state index in [9.17, 15) is 0 Å². The Hall–Kier alpha value is 1.61. The minimum Gasteiger partial charge on any atom is -0.412 e. The van der Waals surface area contributed by atoms with Gasteiger partial charge in [-0.25, -0.2) is 0 Å². The van der Waals surface area contributed by atoms with Gasteiger partial charge in [0.2, 0.25) is 0 Å². The molecule has 0 saturated heterocycles. The summed E-state index contributed by atoms with van der Waals surface area (Å²) in [7, 11) is 0. The van der Waals surface area contributed by atoms with Crippen molar-refractivity contribution in [1.82, 2.24) is 0 Å². The van der Waals surface area contributed by atoms with Crippen LogP contribution in [0.25, 0.3) is 0 Å². The fraction of sp³-hybridized carbons (Fsp3) is 0. The molecule has 0 aromatic heterocycles. The minimum atomic E-state index is 0. The van der Waals surface area contributed by atoms with E-state index in [1.807, 2.05) is 0 Å². The molecule has 0 aliphatic heterocycles. The summed E-state index contributed by atoms with van der Waals surface area (Å²) in [4.78, 5) is 0. The first kappa shape index (κ1) is 80.4. The number of hydrogen-bond acceptors (Lipinski definition) is 0. The topological polar surface area (TPSA) is 94.5 Å². The molecule has 0 amide bonds. The quantitative estimate of drug-likeness (QED) is 0.452. The molecule has 0 saturated carbocycles. The summed E-state index contributed by atoms with van der Waals surface area (Å²) in [5.74, 6) is 0. The van der Waals surface area contributed by atoms with Crippen molar-refractivity contribution in [3.63, 3.8) is 0 Å². The van der Waals surface area contributed by atoms with Crippen LogP contribution in [0.5, 0.6) is 0 Å². The molecule has 0 unspecified atom stereocenters. The molecule has 0 aromatic rings. The molecule has 0 aliphatic rings. The van der Waals surface area contributed by atoms with E-state index < -0.39 is 0 Å². The van der Waals surface area contributed by atoms with Gasteiger partial charge in [0, 0.05) is 53.0 Å². The number of hydrogen-bond donors (Lipinski definition) is 0. The summed E-state index contributed by atoms with van der Waals surface area (Å²) in [6, 6.07) is 0. The van der Waals surface area contributed by atoms with E-state index in [-0.39, 0.29) is 69.4 Å². The van der Waals surface area contributed by atoms with Crippen LogP contribution in [0.3, 0.4) is 0 Å². The standard InChI is InChI=1S/Cr.La.3H2O/h;;3*1H2. The Bertz CT molecular complexity index is 6.85. The van der Waals surface area contributed by atoms with Crippen LogP contribution in [0.15, 0.2) is 0 Å². The summed E-state index contributed by atoms with van der Waals surface area (Å²) >= 11 is 0. The molecular weight excluding hydrogens is 239 g/mol. The van der Waals surface area contributed by atoms with Crippen molar-refractivity contribution >= 4 is 0 Å². The van der Waals surface area contributed by atoms with E-state index in [2.05, 4.69) is 0 Å². The van der Waals surface area contributed by atoms with Crippen LogP contribution in [0.4, 0.5) is 0 Å². The summed E-state index contributed by atoms with van der Waals surface area (Å²) in [6.45, 7) is 0. The zero-order valence-corrected chi connectivity index (χ0v) is 7.39. The normalized spacial score (nSPS) is 0. The van der Waals surface area contributed by atoms with Crippen molar-refractivity contribution in [3.05, 3.63) is 0 Å². The third-order valence-electron chi connectivity index (χ3n) is 0. The van der Waals surface area contributed by atoms with E-state index >= 15 is 0 Å². The van der Waals surface area contributed by atoms with Gasteiger partial charge in [0.1, 0.15) is 0 Å². The van der Waals surface area contributed by atoms with Gasteiger partial charge in [-0.3, -0.25) is 0 Å². The molecule has 33 valence electrons. The second-order valence-electron chi connectivity index (χ2n) is 0. The van der Waals surface area contributed by atoms with Gasteiger partial charge in [0.05, 0.1) is 0 Å². The molecule has 0 atom stereocenters. The Morgan fingerprint density at radius 1 is 0.600 bits per heavy atom. The monoisotopic (exact) mass is 245 g/mol. The molecule has 0 heterocycles. The Kier molecular flexibility index (Phi) is 741. The van der Waals surface area contributed by atoms with Gasteiger partial charge in [0.25, 0.3) is 0 Å². The molecule has 0 aliphatic carbocycles. The molecule has 1 radical (unpaired) electrons. The molecule has 6 N–H and O–H groups in total. The maximum atomic E-state index is 0. The summed E-state index contributed by atoms with van der Waals surface area (Å²) in [5.41, 5.74) is 0. The second-order valence-corrected chi connectivity index (χ2v) is 0. The van der Waals surface area contributed by atoms with Crippen LogP contribution >= 0.6 is 0 Å². The van der Waals surface area contributed by atoms with Crippen molar-refractivity contribution in [1.29, 1.82) is 0 Å². The van der Waals surface area contributed by atoms with Gasteiger partial charge in [-0.2, -0.15) is 0 Å². The molecule has 0 fully saturated rings. The predicted molar refractivity (Wildman–Crippen MR) is 10.8 cm³/mol. The third-order valence-corrected chi connectivity index (χ3v) is 0. The first-order valence-corrected chi connectivity index (χ1v) is 0. The average Bonchev–Trinajstić information content (AvgIpc) is 0. The van der Waals surface area contributed by atoms with Crippen LogP contribution in [0, 0.1) is 35.6 Å². The van der Waals surface area contributed by atoms with Gasteiger partial charge < -0.3 is 16.4 Å². The summed E-state index contributed by atoms with van der Waals surface area (Å²) in [5, 5.41) is 0. The number of rotatable bonds is 0. The van der Waals surface area contributed by atoms with Crippen molar-refractivity contribution < 1.29 is 69.4 Å². The zero-order chi connectivity index (χ0) is 0. The summed E-state index contributed by atoms with van der Waals surface area (Å²) < 4.78 is 0. The molecule has 0 spiro atoms. The van der Waals surface area contributed by atoms with Gasteiger partial charge >= 0.3 is 0 Å². The van der Waals surface area contributed by atoms with Crippen molar-refractivity contribution in [2.75, 3.05) is 0 Å². The van der Waals surface area contributed by atoms with E-state index in [1.165, 1.54) is 0 Å². The van der Waals surface area contributed by atoms with Crippen LogP contribution in [0.2, 0.25) is 0 Å². The zero-order valence-electron chi connectivity index (χ0n) is 2.49.